The van der Waals surface area contributed by atoms with E-state index in [9.17, 15) is 0 Å². The lowest BCUT2D eigenvalue weighted by Crippen LogP contribution is -1.98. The van der Waals surface area contributed by atoms with Crippen LogP contribution < -0.4 is 9.47 Å². The number of pyridine rings is 1. The molecular formula is C28H41NO2. The van der Waals surface area contributed by atoms with Gasteiger partial charge in [0, 0.05) is 5.56 Å². The molecule has 0 bridgehead atoms. The van der Waals surface area contributed by atoms with Gasteiger partial charge in [-0.25, -0.2) is 0 Å². The van der Waals surface area contributed by atoms with E-state index in [0.29, 0.717) is 0 Å². The van der Waals surface area contributed by atoms with Crippen LogP contribution in [0.5, 0.6) is 11.5 Å². The lowest BCUT2D eigenvalue weighted by atomic mass is 10.1. The minimum absolute atomic E-state index is 0.775. The average molecular weight is 424 g/mol. The second-order valence-electron chi connectivity index (χ2n) is 9.02. The summed E-state index contributed by atoms with van der Waals surface area (Å²) in [6.07, 6.45) is 19.0. The van der Waals surface area contributed by atoms with Crippen LogP contribution in [0.1, 0.15) is 90.4 Å². The third-order valence-electron chi connectivity index (χ3n) is 6.11. The Labute approximate surface area is 189 Å². The van der Waals surface area contributed by atoms with Gasteiger partial charge in [-0.1, -0.05) is 89.7 Å². The first-order valence-electron chi connectivity index (χ1n) is 12.7. The summed E-state index contributed by atoms with van der Waals surface area (Å²) >= 11 is 0. The summed E-state index contributed by atoms with van der Waals surface area (Å²) < 4.78 is 11.8. The summed E-state index contributed by atoms with van der Waals surface area (Å²) in [4.78, 5) is 4.60. The molecule has 170 valence electrons. The summed E-state index contributed by atoms with van der Waals surface area (Å²) in [5.74, 6) is 2.85. The van der Waals surface area contributed by atoms with Crippen LogP contribution in [0.2, 0.25) is 0 Å². The molecular weight excluding hydrogens is 382 g/mol. The Morgan fingerprint density at radius 2 is 1.48 bits per heavy atom. The maximum Gasteiger partial charge on any atom is 0.137 e. The molecule has 0 atom stereocenters. The van der Waals surface area contributed by atoms with Crippen LogP contribution in [0.25, 0.3) is 11.3 Å². The Morgan fingerprint density at radius 3 is 2.19 bits per heavy atom. The molecule has 0 N–H and O–H groups in total. The molecule has 1 heterocycles. The first-order valence-corrected chi connectivity index (χ1v) is 12.7. The number of rotatable bonds is 17. The first kappa shape index (κ1) is 23.6. The van der Waals surface area contributed by atoms with Gasteiger partial charge >= 0.3 is 0 Å². The zero-order chi connectivity index (χ0) is 21.6. The number of unbranched alkanes of at least 4 members (excludes halogenated alkanes) is 8. The molecule has 1 saturated carbocycles. The molecule has 1 aliphatic rings. The number of hydrogen-bond acceptors (Lipinski definition) is 3. The van der Waals surface area contributed by atoms with Crippen molar-refractivity contribution in [2.45, 2.75) is 90.4 Å². The Morgan fingerprint density at radius 1 is 0.774 bits per heavy atom. The SMILES string of the molecule is CCCCCCCCOc1ccc(-c2cccc(OCCCCCCC3CC3)c2)nc1. The molecule has 0 saturated heterocycles. The molecule has 0 amide bonds. The summed E-state index contributed by atoms with van der Waals surface area (Å²) in [6, 6.07) is 12.3. The van der Waals surface area contributed by atoms with Crippen LogP contribution in [0.3, 0.4) is 0 Å². The van der Waals surface area contributed by atoms with Crippen LogP contribution in [0.15, 0.2) is 42.6 Å². The number of aromatic nitrogens is 1. The maximum atomic E-state index is 5.98. The van der Waals surface area contributed by atoms with E-state index in [0.717, 1.165) is 54.7 Å². The third kappa shape index (κ3) is 9.76. The molecule has 1 aliphatic carbocycles. The van der Waals surface area contributed by atoms with Crippen molar-refractivity contribution in [1.29, 1.82) is 0 Å². The molecule has 1 aromatic carbocycles. The van der Waals surface area contributed by atoms with E-state index in [1.165, 1.54) is 70.6 Å². The third-order valence-corrected chi connectivity index (χ3v) is 6.11. The fourth-order valence-corrected chi connectivity index (χ4v) is 3.94. The van der Waals surface area contributed by atoms with E-state index in [4.69, 9.17) is 9.47 Å². The van der Waals surface area contributed by atoms with E-state index in [2.05, 4.69) is 24.0 Å². The van der Waals surface area contributed by atoms with Gasteiger partial charge < -0.3 is 9.47 Å². The summed E-state index contributed by atoms with van der Waals surface area (Å²) in [5.41, 5.74) is 2.04. The Kier molecular flexibility index (Phi) is 10.8. The molecule has 2 aromatic rings. The van der Waals surface area contributed by atoms with Gasteiger partial charge in [-0.15, -0.1) is 0 Å². The van der Waals surface area contributed by atoms with Gasteiger partial charge in [-0.05, 0) is 43.0 Å². The highest BCUT2D eigenvalue weighted by molar-refractivity contribution is 5.61. The molecule has 31 heavy (non-hydrogen) atoms. The highest BCUT2D eigenvalue weighted by atomic mass is 16.5. The first-order chi connectivity index (χ1) is 15.3. The molecule has 0 spiro atoms. The van der Waals surface area contributed by atoms with Crippen LogP contribution in [-0.4, -0.2) is 18.2 Å². The predicted octanol–water partition coefficient (Wildman–Crippen LogP) is 8.23. The van der Waals surface area contributed by atoms with Gasteiger partial charge in [-0.3, -0.25) is 4.98 Å². The summed E-state index contributed by atoms with van der Waals surface area (Å²) in [7, 11) is 0. The van der Waals surface area contributed by atoms with E-state index in [-0.39, 0.29) is 0 Å². The zero-order valence-electron chi connectivity index (χ0n) is 19.5. The van der Waals surface area contributed by atoms with Crippen molar-refractivity contribution in [2.24, 2.45) is 5.92 Å². The Hall–Kier alpha value is -2.03. The second kappa shape index (κ2) is 14.1. The molecule has 0 aliphatic heterocycles. The molecule has 3 rings (SSSR count). The summed E-state index contributed by atoms with van der Waals surface area (Å²) in [5, 5.41) is 0. The van der Waals surface area contributed by atoms with Gasteiger partial charge in [0.05, 0.1) is 25.1 Å². The number of nitrogens with zero attached hydrogens (tertiary/aromatic N) is 1. The van der Waals surface area contributed by atoms with Crippen molar-refractivity contribution in [1.82, 2.24) is 4.98 Å². The van der Waals surface area contributed by atoms with E-state index in [1.54, 1.807) is 0 Å². The van der Waals surface area contributed by atoms with Crippen LogP contribution >= 0.6 is 0 Å². The number of hydrogen-bond donors (Lipinski definition) is 0. The van der Waals surface area contributed by atoms with Gasteiger partial charge in [0.2, 0.25) is 0 Å². The van der Waals surface area contributed by atoms with Crippen molar-refractivity contribution in [3.05, 3.63) is 42.6 Å². The smallest absolute Gasteiger partial charge is 0.137 e. The highest BCUT2D eigenvalue weighted by Gasteiger charge is 2.19. The standard InChI is InChI=1S/C28H41NO2/c1-2-3-4-5-7-10-21-31-27-18-19-28(29-23-27)25-14-12-15-26(22-25)30-20-11-8-6-9-13-24-16-17-24/h12,14-15,18-19,22-24H,2-11,13,16-17,20-21H2,1H3. The lowest BCUT2D eigenvalue weighted by Gasteiger charge is -2.09. The molecule has 1 aromatic heterocycles. The highest BCUT2D eigenvalue weighted by Crippen LogP contribution is 2.34. The van der Waals surface area contributed by atoms with Crippen molar-refractivity contribution in [3.63, 3.8) is 0 Å². The topological polar surface area (TPSA) is 31.4 Å². The second-order valence-corrected chi connectivity index (χ2v) is 9.02. The van der Waals surface area contributed by atoms with Crippen LogP contribution in [0, 0.1) is 5.92 Å². The quantitative estimate of drug-likeness (QED) is 0.240. The number of ether oxygens (including phenoxy) is 2. The van der Waals surface area contributed by atoms with Gasteiger partial charge in [0.1, 0.15) is 11.5 Å². The van der Waals surface area contributed by atoms with Crippen molar-refractivity contribution in [2.75, 3.05) is 13.2 Å². The largest absolute Gasteiger partial charge is 0.494 e. The Bertz CT molecular complexity index is 724. The number of benzene rings is 1. The zero-order valence-corrected chi connectivity index (χ0v) is 19.5. The maximum absolute atomic E-state index is 5.98. The van der Waals surface area contributed by atoms with E-state index in [1.807, 2.05) is 30.5 Å². The molecule has 0 radical (unpaired) electrons. The predicted molar refractivity (Wildman–Crippen MR) is 130 cm³/mol. The molecule has 1 fully saturated rings. The minimum Gasteiger partial charge on any atom is -0.494 e. The van der Waals surface area contributed by atoms with Crippen molar-refractivity contribution in [3.8, 4) is 22.8 Å². The van der Waals surface area contributed by atoms with E-state index >= 15 is 0 Å². The van der Waals surface area contributed by atoms with Crippen molar-refractivity contribution < 1.29 is 9.47 Å². The average Bonchev–Trinajstić information content (AvgIpc) is 3.63. The minimum atomic E-state index is 0.775. The molecule has 3 nitrogen and oxygen atoms in total. The monoisotopic (exact) mass is 423 g/mol. The molecule has 0 unspecified atom stereocenters. The van der Waals surface area contributed by atoms with Gasteiger partial charge in [0.25, 0.3) is 0 Å². The van der Waals surface area contributed by atoms with Crippen LogP contribution in [-0.2, 0) is 0 Å². The van der Waals surface area contributed by atoms with Gasteiger partial charge in [-0.2, -0.15) is 0 Å². The van der Waals surface area contributed by atoms with Crippen LogP contribution in [0.4, 0.5) is 0 Å². The fourth-order valence-electron chi connectivity index (χ4n) is 3.94. The van der Waals surface area contributed by atoms with Gasteiger partial charge in [0.15, 0.2) is 0 Å². The van der Waals surface area contributed by atoms with Crippen molar-refractivity contribution >= 4 is 0 Å². The fraction of sp³-hybridized carbons (Fsp3) is 0.607. The lowest BCUT2D eigenvalue weighted by molar-refractivity contribution is 0.303. The normalized spacial score (nSPS) is 13.3. The summed E-state index contributed by atoms with van der Waals surface area (Å²) in [6.45, 7) is 3.82. The van der Waals surface area contributed by atoms with E-state index < -0.39 is 0 Å². The molecule has 3 heteroatoms. The Balaban J connectivity index is 1.33.